The first-order valence-corrected chi connectivity index (χ1v) is 14.9. The largest absolute Gasteiger partial charge is 1.00 e. The molecule has 0 saturated carbocycles. The van der Waals surface area contributed by atoms with Gasteiger partial charge in [0.25, 0.3) is 0 Å². The lowest BCUT2D eigenvalue weighted by atomic mass is 9.96. The summed E-state index contributed by atoms with van der Waals surface area (Å²) in [7, 11) is -2.45. The molecule has 4 aromatic rings. The summed E-state index contributed by atoms with van der Waals surface area (Å²) in [6.07, 6.45) is 0. The van der Waals surface area contributed by atoms with Crippen LogP contribution in [0.3, 0.4) is 0 Å². The normalized spacial score (nSPS) is 11.9. The van der Waals surface area contributed by atoms with Crippen LogP contribution in [0, 0.1) is 5.41 Å². The van der Waals surface area contributed by atoms with Gasteiger partial charge in [0.1, 0.15) is 15.9 Å². The Morgan fingerprint density at radius 1 is 0.730 bits per heavy atom. The monoisotopic (exact) mass is 657 g/mol. The standard InChI is InChI=1S/C31H29ClNOPS.HI/c1-31(2,3)30(34)33-29(23-36-28-21-19-24(32)20-22-28)35(25-13-7-4-8-14-25,26-15-9-5-10-16-26)27-17-11-6-12-18-27;/h4-23H,1-3H3;1H/b29-23+;. The van der Waals surface area contributed by atoms with Gasteiger partial charge in [0.15, 0.2) is 12.7 Å². The predicted molar refractivity (Wildman–Crippen MR) is 158 cm³/mol. The van der Waals surface area contributed by atoms with Gasteiger partial charge < -0.3 is 24.0 Å². The van der Waals surface area contributed by atoms with E-state index in [1.54, 1.807) is 11.8 Å². The van der Waals surface area contributed by atoms with E-state index in [0.717, 1.165) is 10.3 Å². The number of hydrogen-bond donors (Lipinski definition) is 1. The summed E-state index contributed by atoms with van der Waals surface area (Å²) in [6.45, 7) is 5.83. The first kappa shape index (κ1) is 29.4. The van der Waals surface area contributed by atoms with Gasteiger partial charge in [0.2, 0.25) is 5.91 Å². The second-order valence-electron chi connectivity index (χ2n) is 9.46. The van der Waals surface area contributed by atoms with Crippen molar-refractivity contribution in [1.82, 2.24) is 5.32 Å². The van der Waals surface area contributed by atoms with E-state index in [2.05, 4.69) is 83.5 Å². The Kier molecular flexibility index (Phi) is 10.4. The molecular formula is C31H30ClINOPS. The Bertz CT molecular complexity index is 1230. The molecule has 0 spiro atoms. The lowest BCUT2D eigenvalue weighted by Gasteiger charge is -2.31. The van der Waals surface area contributed by atoms with Crippen LogP contribution in [0.15, 0.2) is 131 Å². The zero-order valence-electron chi connectivity index (χ0n) is 21.1. The molecule has 190 valence electrons. The Hall–Kier alpha value is -2.11. The number of thioether (sulfide) groups is 1. The van der Waals surface area contributed by atoms with Crippen molar-refractivity contribution in [3.63, 3.8) is 0 Å². The number of amides is 1. The minimum atomic E-state index is -2.45. The quantitative estimate of drug-likeness (QED) is 0.182. The highest BCUT2D eigenvalue weighted by Crippen LogP contribution is 2.62. The molecule has 2 nitrogen and oxygen atoms in total. The van der Waals surface area contributed by atoms with Crippen molar-refractivity contribution < 1.29 is 28.8 Å². The molecule has 0 atom stereocenters. The second-order valence-corrected chi connectivity index (χ2v) is 14.2. The maximum atomic E-state index is 13.5. The van der Waals surface area contributed by atoms with Crippen LogP contribution in [0.2, 0.25) is 5.02 Å². The fraction of sp³-hybridized carbons (Fsp3) is 0.129. The molecule has 0 fully saturated rings. The minimum Gasteiger partial charge on any atom is -1.00 e. The summed E-state index contributed by atoms with van der Waals surface area (Å²) in [5.41, 5.74) is 0.356. The number of hydrogen-bond acceptors (Lipinski definition) is 2. The van der Waals surface area contributed by atoms with Gasteiger partial charge in [-0.05, 0) is 60.7 Å². The van der Waals surface area contributed by atoms with Crippen molar-refractivity contribution in [1.29, 1.82) is 0 Å². The Balaban J connectivity index is 0.00000380. The zero-order chi connectivity index (χ0) is 25.6. The highest BCUT2D eigenvalue weighted by Gasteiger charge is 2.51. The maximum Gasteiger partial charge on any atom is 0.232 e. The van der Waals surface area contributed by atoms with Gasteiger partial charge in [-0.15, -0.1) is 0 Å². The van der Waals surface area contributed by atoms with Crippen LogP contribution in [0.25, 0.3) is 0 Å². The van der Waals surface area contributed by atoms with Gasteiger partial charge in [-0.25, -0.2) is 0 Å². The Morgan fingerprint density at radius 3 is 1.51 bits per heavy atom. The summed E-state index contributed by atoms with van der Waals surface area (Å²) < 4.78 is 0. The number of benzene rings is 4. The van der Waals surface area contributed by atoms with E-state index in [-0.39, 0.29) is 29.9 Å². The molecule has 0 saturated heterocycles. The maximum absolute atomic E-state index is 13.5. The number of carbonyl (C=O) groups is 1. The van der Waals surface area contributed by atoms with E-state index < -0.39 is 12.7 Å². The molecule has 0 aliphatic carbocycles. The summed E-state index contributed by atoms with van der Waals surface area (Å²) in [5.74, 6) is -0.0161. The minimum absolute atomic E-state index is 0. The molecule has 0 unspecified atom stereocenters. The van der Waals surface area contributed by atoms with Crippen molar-refractivity contribution in [3.05, 3.63) is 131 Å². The molecule has 1 amide bonds. The first-order valence-electron chi connectivity index (χ1n) is 11.8. The van der Waals surface area contributed by atoms with Crippen molar-refractivity contribution in [3.8, 4) is 0 Å². The van der Waals surface area contributed by atoms with E-state index in [1.165, 1.54) is 15.9 Å². The number of carbonyl (C=O) groups excluding carboxylic acids is 1. The van der Waals surface area contributed by atoms with Crippen LogP contribution in [-0.4, -0.2) is 5.91 Å². The molecule has 0 bridgehead atoms. The van der Waals surface area contributed by atoms with Crippen LogP contribution in [0.1, 0.15) is 20.8 Å². The van der Waals surface area contributed by atoms with Gasteiger partial charge in [-0.2, -0.15) is 0 Å². The van der Waals surface area contributed by atoms with Crippen LogP contribution in [0.5, 0.6) is 0 Å². The SMILES string of the molecule is CC(C)(C)C(=O)N/C(=C\Sc1ccc(Cl)cc1)[P+](c1ccccc1)(c1ccccc1)c1ccccc1.[I-]. The zero-order valence-corrected chi connectivity index (χ0v) is 25.7. The molecule has 0 radical (unpaired) electrons. The first-order chi connectivity index (χ1) is 17.3. The smallest absolute Gasteiger partial charge is 0.232 e. The molecule has 37 heavy (non-hydrogen) atoms. The summed E-state index contributed by atoms with van der Waals surface area (Å²) in [5, 5.41) is 9.76. The summed E-state index contributed by atoms with van der Waals surface area (Å²) >= 11 is 7.72. The lowest BCUT2D eigenvalue weighted by molar-refractivity contribution is -0.127. The van der Waals surface area contributed by atoms with Crippen molar-refractivity contribution in [2.24, 2.45) is 5.41 Å². The number of halogens is 2. The van der Waals surface area contributed by atoms with Crippen molar-refractivity contribution in [2.75, 3.05) is 0 Å². The molecule has 0 aromatic heterocycles. The van der Waals surface area contributed by atoms with E-state index in [0.29, 0.717) is 5.02 Å². The predicted octanol–water partition coefficient (Wildman–Crippen LogP) is 4.39. The van der Waals surface area contributed by atoms with Gasteiger partial charge in [0.05, 0.1) is 0 Å². The van der Waals surface area contributed by atoms with Crippen LogP contribution in [-0.2, 0) is 4.79 Å². The molecule has 0 aliphatic heterocycles. The number of nitrogens with one attached hydrogen (secondary N) is 1. The van der Waals surface area contributed by atoms with Gasteiger partial charge >= 0.3 is 0 Å². The highest BCUT2D eigenvalue weighted by atomic mass is 127. The average Bonchev–Trinajstić information content (AvgIpc) is 2.90. The van der Waals surface area contributed by atoms with E-state index >= 15 is 0 Å². The van der Waals surface area contributed by atoms with Crippen LogP contribution >= 0.6 is 30.6 Å². The summed E-state index contributed by atoms with van der Waals surface area (Å²) in [4.78, 5) is 14.6. The third-order valence-electron chi connectivity index (χ3n) is 5.83. The molecule has 4 rings (SSSR count). The lowest BCUT2D eigenvalue weighted by Crippen LogP contribution is -3.00. The van der Waals surface area contributed by atoms with Crippen LogP contribution < -0.4 is 45.2 Å². The van der Waals surface area contributed by atoms with Gasteiger partial charge in [0, 0.05) is 20.7 Å². The molecule has 6 heteroatoms. The molecule has 0 aliphatic rings. The van der Waals surface area contributed by atoms with Crippen LogP contribution in [0.4, 0.5) is 0 Å². The Labute approximate surface area is 247 Å². The van der Waals surface area contributed by atoms with E-state index in [1.807, 2.05) is 63.2 Å². The van der Waals surface area contributed by atoms with Gasteiger partial charge in [-0.1, -0.05) is 98.7 Å². The second kappa shape index (κ2) is 13.1. The topological polar surface area (TPSA) is 29.1 Å². The average molecular weight is 658 g/mol. The fourth-order valence-electron chi connectivity index (χ4n) is 3.95. The molecule has 1 N–H and O–H groups in total. The van der Waals surface area contributed by atoms with E-state index in [4.69, 9.17) is 11.6 Å². The van der Waals surface area contributed by atoms with Gasteiger partial charge in [-0.3, -0.25) is 10.1 Å². The summed E-state index contributed by atoms with van der Waals surface area (Å²) in [6, 6.07) is 39.4. The molecule has 4 aromatic carbocycles. The highest BCUT2D eigenvalue weighted by molar-refractivity contribution is 8.04. The third-order valence-corrected chi connectivity index (χ3v) is 11.3. The van der Waals surface area contributed by atoms with Crippen molar-refractivity contribution in [2.45, 2.75) is 25.7 Å². The molecular weight excluding hydrogens is 628 g/mol. The number of rotatable bonds is 7. The Morgan fingerprint density at radius 2 is 1.14 bits per heavy atom. The third kappa shape index (κ3) is 6.86. The van der Waals surface area contributed by atoms with E-state index in [9.17, 15) is 4.79 Å². The molecule has 0 heterocycles. The fourth-order valence-corrected chi connectivity index (χ4v) is 9.33. The van der Waals surface area contributed by atoms with Crippen molar-refractivity contribution >= 4 is 52.4 Å².